The highest BCUT2D eigenvalue weighted by atomic mass is 19.4. The van der Waals surface area contributed by atoms with Crippen molar-refractivity contribution in [2.24, 2.45) is 0 Å². The summed E-state index contributed by atoms with van der Waals surface area (Å²) >= 11 is 0. The number of nitrogens with zero attached hydrogens (tertiary/aromatic N) is 1. The molecule has 100 valence electrons. The van der Waals surface area contributed by atoms with E-state index in [0.29, 0.717) is 0 Å². The van der Waals surface area contributed by atoms with Crippen LogP contribution in [0.25, 0.3) is 0 Å². The highest BCUT2D eigenvalue weighted by molar-refractivity contribution is 6.58. The van der Waals surface area contributed by atoms with Crippen molar-refractivity contribution in [1.82, 2.24) is 5.32 Å². The number of aliphatic hydroxyl groups excluding tert-OH is 1. The van der Waals surface area contributed by atoms with Gasteiger partial charge >= 0.3 is 12.9 Å². The number of quaternary nitrogens is 1. The molecule has 0 rings (SSSR count). The van der Waals surface area contributed by atoms with E-state index >= 15 is 0 Å². The molecule has 0 radical (unpaired) electrons. The summed E-state index contributed by atoms with van der Waals surface area (Å²) in [7, 11) is 2.96. The van der Waals surface area contributed by atoms with Crippen LogP contribution in [-0.4, -0.2) is 62.7 Å². The van der Waals surface area contributed by atoms with Crippen LogP contribution in [0.5, 0.6) is 0 Å². The molecule has 0 aromatic carbocycles. The molecular formula is C9H19BF3N2O2+. The van der Waals surface area contributed by atoms with Gasteiger partial charge in [-0.25, -0.2) is 4.79 Å². The van der Waals surface area contributed by atoms with Crippen molar-refractivity contribution in [2.45, 2.75) is 6.42 Å². The van der Waals surface area contributed by atoms with Crippen LogP contribution in [0.4, 0.5) is 12.9 Å². The Morgan fingerprint density at radius 3 is 2.47 bits per heavy atom. The molecule has 0 spiro atoms. The lowest BCUT2D eigenvalue weighted by atomic mass is 9.90. The summed E-state index contributed by atoms with van der Waals surface area (Å²) in [5.41, 5.74) is 0. The van der Waals surface area contributed by atoms with Crippen LogP contribution >= 0.6 is 0 Å². The Bertz CT molecular complexity index is 247. The molecule has 8 heteroatoms. The summed E-state index contributed by atoms with van der Waals surface area (Å²) in [6, 6.07) is 0. The Labute approximate surface area is 99.4 Å². The summed E-state index contributed by atoms with van der Waals surface area (Å²) < 4.78 is 36.5. The summed E-state index contributed by atoms with van der Waals surface area (Å²) in [6.07, 6.45) is 0.724. The number of nitrogens with one attached hydrogen (secondary N) is 1. The molecule has 17 heavy (non-hydrogen) atoms. The van der Waals surface area contributed by atoms with Crippen LogP contribution in [0.2, 0.25) is 0 Å². The first-order chi connectivity index (χ1) is 7.66. The van der Waals surface area contributed by atoms with Gasteiger partial charge in [0, 0.05) is 6.54 Å². The van der Waals surface area contributed by atoms with E-state index in [1.165, 1.54) is 20.5 Å². The van der Waals surface area contributed by atoms with Gasteiger partial charge in [-0.1, -0.05) is 0 Å². The average Bonchev–Trinajstić information content (AvgIpc) is 2.10. The zero-order chi connectivity index (χ0) is 13.5. The van der Waals surface area contributed by atoms with E-state index in [4.69, 9.17) is 5.11 Å². The molecule has 0 saturated carbocycles. The molecule has 0 aliphatic rings. The van der Waals surface area contributed by atoms with Gasteiger partial charge in [0.1, 0.15) is 13.0 Å². The third kappa shape index (κ3) is 10.0. The lowest BCUT2D eigenvalue weighted by Crippen LogP contribution is -2.49. The second-order valence-electron chi connectivity index (χ2n) is 4.56. The fourth-order valence-electron chi connectivity index (χ4n) is 1.45. The number of hydrogen-bond donors (Lipinski definition) is 2. The molecule has 1 amide bonds. The van der Waals surface area contributed by atoms with Crippen LogP contribution < -0.4 is 5.32 Å². The van der Waals surface area contributed by atoms with Gasteiger partial charge in [-0.05, 0) is 0 Å². The van der Waals surface area contributed by atoms with Gasteiger partial charge in [-0.15, -0.1) is 0 Å². The minimum absolute atomic E-state index is 0.152. The molecule has 0 heterocycles. The van der Waals surface area contributed by atoms with Gasteiger partial charge in [0.25, 0.3) is 0 Å². The maximum absolute atomic E-state index is 12.2. The molecule has 0 aromatic heterocycles. The van der Waals surface area contributed by atoms with E-state index in [-0.39, 0.29) is 36.5 Å². The van der Waals surface area contributed by atoms with Crippen molar-refractivity contribution >= 4 is 12.9 Å². The summed E-state index contributed by atoms with van der Waals surface area (Å²) in [4.78, 5) is 11.1. The summed E-state index contributed by atoms with van der Waals surface area (Å²) in [5, 5.41) is 10.8. The van der Waals surface area contributed by atoms with Gasteiger partial charge in [0.05, 0.1) is 27.1 Å². The van der Waals surface area contributed by atoms with Crippen molar-refractivity contribution in [3.63, 3.8) is 0 Å². The summed E-state index contributed by atoms with van der Waals surface area (Å²) in [6.45, 7) is -4.58. The standard InChI is InChI=1S/C9H18BF3N2O2/c1-15(2,8-10(11,12)13)6-3-4-9(17)14-5-7-16/h4,16H,3,5-8H2,1-2H3/p+1. The first-order valence-corrected chi connectivity index (χ1v) is 5.41. The quantitative estimate of drug-likeness (QED) is 0.368. The Kier molecular flexibility index (Phi) is 6.40. The minimum atomic E-state index is -4.82. The number of carbonyl (C=O) groups is 1. The van der Waals surface area contributed by atoms with Crippen molar-refractivity contribution in [2.75, 3.05) is 40.2 Å². The first kappa shape index (κ1) is 16.1. The molecule has 0 aliphatic heterocycles. The van der Waals surface area contributed by atoms with Crippen LogP contribution in [0, 0.1) is 6.42 Å². The van der Waals surface area contributed by atoms with Crippen molar-refractivity contribution in [3.8, 4) is 0 Å². The summed E-state index contributed by atoms with van der Waals surface area (Å²) in [5.74, 6) is -0.364. The largest absolute Gasteiger partial charge is 0.531 e. The Balaban J connectivity index is 3.83. The third-order valence-electron chi connectivity index (χ3n) is 2.18. The lowest BCUT2D eigenvalue weighted by molar-refractivity contribution is -0.881. The normalized spacial score (nSPS) is 12.4. The SMILES string of the molecule is C[N+](C)(CC[CH+]C(=O)NCCO)C[B-](F)(F)F. The van der Waals surface area contributed by atoms with Crippen molar-refractivity contribution in [1.29, 1.82) is 0 Å². The highest BCUT2D eigenvalue weighted by Crippen LogP contribution is 2.14. The number of aliphatic hydroxyl groups is 1. The smallest absolute Gasteiger partial charge is 0.445 e. The zero-order valence-corrected chi connectivity index (χ0v) is 10.1. The molecular weight excluding hydrogens is 236 g/mol. The number of rotatable bonds is 8. The Morgan fingerprint density at radius 2 is 2.00 bits per heavy atom. The average molecular weight is 255 g/mol. The predicted octanol–water partition coefficient (Wildman–Crippen LogP) is 0.152. The van der Waals surface area contributed by atoms with Gasteiger partial charge in [0.15, 0.2) is 6.42 Å². The predicted molar refractivity (Wildman–Crippen MR) is 59.9 cm³/mol. The van der Waals surface area contributed by atoms with Crippen LogP contribution in [-0.2, 0) is 4.79 Å². The molecule has 0 unspecified atom stereocenters. The second-order valence-corrected chi connectivity index (χ2v) is 4.56. The van der Waals surface area contributed by atoms with Crippen molar-refractivity contribution in [3.05, 3.63) is 6.42 Å². The monoisotopic (exact) mass is 255 g/mol. The van der Waals surface area contributed by atoms with E-state index < -0.39 is 13.4 Å². The molecule has 2 N–H and O–H groups in total. The molecule has 0 bridgehead atoms. The maximum Gasteiger partial charge on any atom is 0.531 e. The first-order valence-electron chi connectivity index (χ1n) is 5.41. The van der Waals surface area contributed by atoms with Crippen LogP contribution in [0.3, 0.4) is 0 Å². The maximum atomic E-state index is 12.2. The Morgan fingerprint density at radius 1 is 1.41 bits per heavy atom. The fourth-order valence-corrected chi connectivity index (χ4v) is 1.45. The van der Waals surface area contributed by atoms with E-state index in [9.17, 15) is 17.7 Å². The molecule has 0 aromatic rings. The van der Waals surface area contributed by atoms with E-state index in [0.717, 1.165) is 0 Å². The molecule has 0 aliphatic carbocycles. The fraction of sp³-hybridized carbons (Fsp3) is 0.778. The number of halogens is 3. The number of amides is 1. The number of carbonyl (C=O) groups excluding carboxylic acids is 1. The van der Waals surface area contributed by atoms with Crippen molar-refractivity contribution < 1.29 is 27.3 Å². The minimum Gasteiger partial charge on any atom is -0.445 e. The third-order valence-corrected chi connectivity index (χ3v) is 2.18. The zero-order valence-electron chi connectivity index (χ0n) is 10.1. The van der Waals surface area contributed by atoms with Crippen LogP contribution in [0.1, 0.15) is 6.42 Å². The van der Waals surface area contributed by atoms with E-state index in [1.54, 1.807) is 0 Å². The van der Waals surface area contributed by atoms with Gasteiger partial charge in [-0.3, -0.25) is 0 Å². The van der Waals surface area contributed by atoms with E-state index in [2.05, 4.69) is 5.32 Å². The highest BCUT2D eigenvalue weighted by Gasteiger charge is 2.34. The lowest BCUT2D eigenvalue weighted by Gasteiger charge is -2.33. The van der Waals surface area contributed by atoms with Gasteiger partial charge in [-0.2, -0.15) is 0 Å². The van der Waals surface area contributed by atoms with Gasteiger partial charge in [0.2, 0.25) is 0 Å². The molecule has 0 saturated heterocycles. The Hall–Kier alpha value is -0.885. The van der Waals surface area contributed by atoms with Gasteiger partial charge < -0.3 is 27.9 Å². The second kappa shape index (κ2) is 6.75. The molecule has 0 fully saturated rings. The molecule has 4 nitrogen and oxygen atoms in total. The van der Waals surface area contributed by atoms with Crippen LogP contribution in [0.15, 0.2) is 0 Å². The topological polar surface area (TPSA) is 49.3 Å². The number of hydrogen-bond acceptors (Lipinski definition) is 2. The molecule has 0 atom stereocenters. The van der Waals surface area contributed by atoms with E-state index in [1.807, 2.05) is 0 Å².